The van der Waals surface area contributed by atoms with Gasteiger partial charge in [-0.05, 0) is 75.6 Å². The Morgan fingerprint density at radius 1 is 1.09 bits per heavy atom. The lowest BCUT2D eigenvalue weighted by atomic mass is 10.1. The van der Waals surface area contributed by atoms with Crippen LogP contribution in [0.1, 0.15) is 31.9 Å². The first-order chi connectivity index (χ1) is 10.3. The zero-order valence-electron chi connectivity index (χ0n) is 14.3. The fraction of sp³-hybridized carbons (Fsp3) is 0.421. The summed E-state index contributed by atoms with van der Waals surface area (Å²) >= 11 is 0. The van der Waals surface area contributed by atoms with Crippen LogP contribution in [0.4, 0.5) is 5.69 Å². The molecule has 3 nitrogen and oxygen atoms in total. The molecule has 1 aromatic carbocycles. The zero-order valence-corrected chi connectivity index (χ0v) is 14.3. The minimum atomic E-state index is -0.165. The maximum atomic E-state index is 5.92. The van der Waals surface area contributed by atoms with Crippen LogP contribution in [0.5, 0.6) is 5.75 Å². The summed E-state index contributed by atoms with van der Waals surface area (Å²) in [6.45, 7) is 9.31. The Bertz CT molecular complexity index is 603. The number of anilines is 1. The number of rotatable bonds is 5. The second-order valence-corrected chi connectivity index (χ2v) is 6.69. The number of aryl methyl sites for hydroxylation is 1. The first kappa shape index (κ1) is 16.3. The molecule has 2 rings (SSSR count). The standard InChI is InChI=1S/C19H26N2O/c1-15-14-17(22-19(2,3)4)6-7-18(15)21(5)13-10-16-8-11-20-12-9-16/h6-9,11-12,14H,10,13H2,1-5H3. The van der Waals surface area contributed by atoms with E-state index in [-0.39, 0.29) is 5.60 Å². The third-order valence-electron chi connectivity index (χ3n) is 3.49. The molecule has 0 amide bonds. The van der Waals surface area contributed by atoms with Crippen LogP contribution in [0.15, 0.2) is 42.7 Å². The van der Waals surface area contributed by atoms with Crippen molar-refractivity contribution in [2.45, 2.75) is 39.7 Å². The number of hydrogen-bond acceptors (Lipinski definition) is 3. The minimum absolute atomic E-state index is 0.165. The molecule has 22 heavy (non-hydrogen) atoms. The van der Waals surface area contributed by atoms with Crippen LogP contribution in [0.2, 0.25) is 0 Å². The van der Waals surface area contributed by atoms with Crippen molar-refractivity contribution in [3.05, 3.63) is 53.9 Å². The maximum absolute atomic E-state index is 5.92. The highest BCUT2D eigenvalue weighted by molar-refractivity contribution is 5.55. The van der Waals surface area contributed by atoms with Gasteiger partial charge in [-0.25, -0.2) is 0 Å². The van der Waals surface area contributed by atoms with Crippen molar-refractivity contribution in [1.29, 1.82) is 0 Å². The number of pyridine rings is 1. The summed E-state index contributed by atoms with van der Waals surface area (Å²) in [6, 6.07) is 10.4. The lowest BCUT2D eigenvalue weighted by Gasteiger charge is -2.25. The Balaban J connectivity index is 2.02. The maximum Gasteiger partial charge on any atom is 0.120 e. The molecule has 0 fully saturated rings. The van der Waals surface area contributed by atoms with Gasteiger partial charge in [-0.2, -0.15) is 0 Å². The molecule has 0 aliphatic rings. The molecule has 2 aromatic rings. The molecule has 1 aromatic heterocycles. The van der Waals surface area contributed by atoms with E-state index < -0.39 is 0 Å². The zero-order chi connectivity index (χ0) is 16.2. The van der Waals surface area contributed by atoms with Gasteiger partial charge < -0.3 is 9.64 Å². The second-order valence-electron chi connectivity index (χ2n) is 6.69. The molecule has 0 N–H and O–H groups in total. The van der Waals surface area contributed by atoms with Crippen LogP contribution in [0.3, 0.4) is 0 Å². The van der Waals surface area contributed by atoms with Gasteiger partial charge in [0.1, 0.15) is 11.4 Å². The third-order valence-corrected chi connectivity index (χ3v) is 3.49. The highest BCUT2D eigenvalue weighted by Gasteiger charge is 2.13. The van der Waals surface area contributed by atoms with Crippen molar-refractivity contribution in [3.63, 3.8) is 0 Å². The van der Waals surface area contributed by atoms with Gasteiger partial charge in [0.2, 0.25) is 0 Å². The molecular formula is C19H26N2O. The molecule has 0 atom stereocenters. The summed E-state index contributed by atoms with van der Waals surface area (Å²) in [6.07, 6.45) is 4.71. The summed E-state index contributed by atoms with van der Waals surface area (Å²) in [7, 11) is 2.13. The molecule has 0 saturated carbocycles. The van der Waals surface area contributed by atoms with Gasteiger partial charge in [-0.15, -0.1) is 0 Å². The number of ether oxygens (including phenoxy) is 1. The molecule has 1 heterocycles. The van der Waals surface area contributed by atoms with Crippen LogP contribution in [0, 0.1) is 6.92 Å². The van der Waals surface area contributed by atoms with Crippen molar-refractivity contribution in [1.82, 2.24) is 4.98 Å². The van der Waals surface area contributed by atoms with Crippen molar-refractivity contribution in [2.75, 3.05) is 18.5 Å². The van der Waals surface area contributed by atoms with E-state index in [2.05, 4.69) is 75.0 Å². The molecule has 0 unspecified atom stereocenters. The first-order valence-corrected chi connectivity index (χ1v) is 7.75. The van der Waals surface area contributed by atoms with Crippen LogP contribution >= 0.6 is 0 Å². The van der Waals surface area contributed by atoms with Crippen LogP contribution in [-0.2, 0) is 6.42 Å². The van der Waals surface area contributed by atoms with Gasteiger partial charge in [-0.1, -0.05) is 0 Å². The molecule has 0 aliphatic carbocycles. The first-order valence-electron chi connectivity index (χ1n) is 7.75. The molecule has 0 radical (unpaired) electrons. The van der Waals surface area contributed by atoms with Gasteiger partial charge in [0, 0.05) is 31.7 Å². The van der Waals surface area contributed by atoms with Gasteiger partial charge >= 0.3 is 0 Å². The number of nitrogens with zero attached hydrogens (tertiary/aromatic N) is 2. The van der Waals surface area contributed by atoms with E-state index >= 15 is 0 Å². The Morgan fingerprint density at radius 3 is 2.36 bits per heavy atom. The smallest absolute Gasteiger partial charge is 0.120 e. The lowest BCUT2D eigenvalue weighted by molar-refractivity contribution is 0.131. The van der Waals surface area contributed by atoms with Gasteiger partial charge in [0.05, 0.1) is 0 Å². The van der Waals surface area contributed by atoms with E-state index in [1.54, 1.807) is 0 Å². The molecule has 0 aliphatic heterocycles. The normalized spacial score (nSPS) is 11.3. The van der Waals surface area contributed by atoms with Crippen molar-refractivity contribution >= 4 is 5.69 Å². The van der Waals surface area contributed by atoms with Crippen molar-refractivity contribution in [3.8, 4) is 5.75 Å². The van der Waals surface area contributed by atoms with Gasteiger partial charge in [-0.3, -0.25) is 4.98 Å². The summed E-state index contributed by atoms with van der Waals surface area (Å²) < 4.78 is 5.92. The van der Waals surface area contributed by atoms with E-state index in [1.165, 1.54) is 16.8 Å². The highest BCUT2D eigenvalue weighted by atomic mass is 16.5. The quantitative estimate of drug-likeness (QED) is 0.825. The van der Waals surface area contributed by atoms with E-state index in [0.29, 0.717) is 0 Å². The fourth-order valence-corrected chi connectivity index (χ4v) is 2.44. The Labute approximate surface area is 134 Å². The van der Waals surface area contributed by atoms with E-state index in [1.807, 2.05) is 12.4 Å². The van der Waals surface area contributed by atoms with Crippen LogP contribution < -0.4 is 9.64 Å². The molecule has 3 heteroatoms. The highest BCUT2D eigenvalue weighted by Crippen LogP contribution is 2.26. The Hall–Kier alpha value is -2.03. The Morgan fingerprint density at radius 2 is 1.77 bits per heavy atom. The molecule has 118 valence electrons. The number of hydrogen-bond donors (Lipinski definition) is 0. The van der Waals surface area contributed by atoms with Gasteiger partial charge in [0.25, 0.3) is 0 Å². The molecule has 0 saturated heterocycles. The van der Waals surface area contributed by atoms with Gasteiger partial charge in [0.15, 0.2) is 0 Å². The van der Waals surface area contributed by atoms with Crippen molar-refractivity contribution in [2.24, 2.45) is 0 Å². The summed E-state index contributed by atoms with van der Waals surface area (Å²) in [5, 5.41) is 0. The van der Waals surface area contributed by atoms with E-state index in [0.717, 1.165) is 18.7 Å². The largest absolute Gasteiger partial charge is 0.488 e. The lowest BCUT2D eigenvalue weighted by Crippen LogP contribution is -2.23. The average Bonchev–Trinajstić information content (AvgIpc) is 2.44. The van der Waals surface area contributed by atoms with E-state index in [9.17, 15) is 0 Å². The Kier molecular flexibility index (Phi) is 5.07. The monoisotopic (exact) mass is 298 g/mol. The van der Waals surface area contributed by atoms with Crippen molar-refractivity contribution < 1.29 is 4.74 Å². The number of aromatic nitrogens is 1. The third kappa shape index (κ3) is 4.76. The summed E-state index contributed by atoms with van der Waals surface area (Å²) in [5.41, 5.74) is 3.63. The summed E-state index contributed by atoms with van der Waals surface area (Å²) in [4.78, 5) is 6.34. The molecule has 0 spiro atoms. The number of likely N-dealkylation sites (N-methyl/N-ethyl adjacent to an activating group) is 1. The minimum Gasteiger partial charge on any atom is -0.488 e. The SMILES string of the molecule is Cc1cc(OC(C)(C)C)ccc1N(C)CCc1ccncc1. The average molecular weight is 298 g/mol. The fourth-order valence-electron chi connectivity index (χ4n) is 2.44. The topological polar surface area (TPSA) is 25.4 Å². The molecular weight excluding hydrogens is 272 g/mol. The second kappa shape index (κ2) is 6.82. The molecule has 0 bridgehead atoms. The number of benzene rings is 1. The summed E-state index contributed by atoms with van der Waals surface area (Å²) in [5.74, 6) is 0.927. The van der Waals surface area contributed by atoms with E-state index in [4.69, 9.17) is 4.74 Å². The van der Waals surface area contributed by atoms with Crippen LogP contribution in [0.25, 0.3) is 0 Å². The predicted molar refractivity (Wildman–Crippen MR) is 92.8 cm³/mol. The van der Waals surface area contributed by atoms with Crippen LogP contribution in [-0.4, -0.2) is 24.2 Å². The predicted octanol–water partition coefficient (Wildman–Crippen LogP) is 4.25.